The van der Waals surface area contributed by atoms with Crippen LogP contribution < -0.4 is 11.1 Å². The molecule has 2 atom stereocenters. The van der Waals surface area contributed by atoms with Crippen molar-refractivity contribution in [1.82, 2.24) is 5.32 Å². The van der Waals surface area contributed by atoms with E-state index in [1.54, 1.807) is 0 Å². The molecule has 2 saturated carbocycles. The molecule has 0 heterocycles. The lowest BCUT2D eigenvalue weighted by Crippen LogP contribution is -2.35. The Balaban J connectivity index is 1.62. The fourth-order valence-corrected chi connectivity index (χ4v) is 2.43. The summed E-state index contributed by atoms with van der Waals surface area (Å²) >= 11 is 0. The van der Waals surface area contributed by atoms with Crippen LogP contribution >= 0.6 is 0 Å². The summed E-state index contributed by atoms with van der Waals surface area (Å²) in [6.07, 6.45) is 6.66. The Morgan fingerprint density at radius 1 is 1.44 bits per heavy atom. The van der Waals surface area contributed by atoms with Crippen molar-refractivity contribution in [1.29, 1.82) is 0 Å². The van der Waals surface area contributed by atoms with Gasteiger partial charge in [-0.3, -0.25) is 4.99 Å². The molecule has 0 aromatic heterocycles. The Labute approximate surface area is 98.9 Å². The van der Waals surface area contributed by atoms with Gasteiger partial charge < -0.3 is 11.1 Å². The van der Waals surface area contributed by atoms with Gasteiger partial charge in [0.25, 0.3) is 0 Å². The van der Waals surface area contributed by atoms with Crippen LogP contribution in [0.5, 0.6) is 0 Å². The van der Waals surface area contributed by atoms with Crippen molar-refractivity contribution in [2.45, 2.75) is 52.0 Å². The van der Waals surface area contributed by atoms with Crippen LogP contribution in [0, 0.1) is 17.8 Å². The van der Waals surface area contributed by atoms with Gasteiger partial charge in [-0.25, -0.2) is 0 Å². The first-order valence-corrected chi connectivity index (χ1v) is 6.71. The number of rotatable bonds is 5. The van der Waals surface area contributed by atoms with Gasteiger partial charge in [-0.1, -0.05) is 20.3 Å². The molecule has 2 aliphatic rings. The summed E-state index contributed by atoms with van der Waals surface area (Å²) in [4.78, 5) is 4.42. The van der Waals surface area contributed by atoms with Crippen LogP contribution in [0.2, 0.25) is 0 Å². The lowest BCUT2D eigenvalue weighted by atomic mass is 9.86. The number of hydrogen-bond donors (Lipinski definition) is 2. The number of hydrogen-bond acceptors (Lipinski definition) is 1. The molecule has 0 spiro atoms. The van der Waals surface area contributed by atoms with Crippen molar-refractivity contribution in [3.8, 4) is 0 Å². The van der Waals surface area contributed by atoms with Crippen LogP contribution in [-0.2, 0) is 0 Å². The second-order valence-electron chi connectivity index (χ2n) is 5.90. The van der Waals surface area contributed by atoms with Gasteiger partial charge in [-0.2, -0.15) is 0 Å². The van der Waals surface area contributed by atoms with E-state index in [1.807, 2.05) is 0 Å². The summed E-state index contributed by atoms with van der Waals surface area (Å²) in [6.45, 7) is 5.49. The van der Waals surface area contributed by atoms with Gasteiger partial charge in [0.1, 0.15) is 0 Å². The molecular weight excluding hydrogens is 198 g/mol. The fraction of sp³-hybridized carbons (Fsp3) is 0.923. The molecule has 0 radical (unpaired) electrons. The smallest absolute Gasteiger partial charge is 0.188 e. The zero-order chi connectivity index (χ0) is 11.5. The van der Waals surface area contributed by atoms with Crippen LogP contribution in [0.15, 0.2) is 4.99 Å². The topological polar surface area (TPSA) is 50.4 Å². The standard InChI is InChI=1S/C13H25N3/c1-9(2)6-11-7-12(11)16-13(14)15-8-10-4-3-5-10/h9-12H,3-8H2,1-2H3,(H3,14,15,16)/t11-,12-/m1/s1. The highest BCUT2D eigenvalue weighted by Gasteiger charge is 2.37. The number of guanidine groups is 1. The number of nitrogens with one attached hydrogen (secondary N) is 1. The molecule has 3 nitrogen and oxygen atoms in total. The quantitative estimate of drug-likeness (QED) is 0.554. The minimum atomic E-state index is 0.604. The highest BCUT2D eigenvalue weighted by molar-refractivity contribution is 5.78. The van der Waals surface area contributed by atoms with E-state index in [0.717, 1.165) is 24.3 Å². The van der Waals surface area contributed by atoms with Crippen molar-refractivity contribution in [3.63, 3.8) is 0 Å². The average molecular weight is 223 g/mol. The van der Waals surface area contributed by atoms with E-state index < -0.39 is 0 Å². The Bertz CT molecular complexity index is 256. The third kappa shape index (κ3) is 3.39. The fourth-order valence-electron chi connectivity index (χ4n) is 2.43. The first-order chi connectivity index (χ1) is 7.65. The summed E-state index contributed by atoms with van der Waals surface area (Å²) in [5.74, 6) is 3.11. The van der Waals surface area contributed by atoms with E-state index in [4.69, 9.17) is 5.73 Å². The van der Waals surface area contributed by atoms with E-state index in [2.05, 4.69) is 24.2 Å². The molecule has 0 aliphatic heterocycles. The molecule has 0 aromatic rings. The highest BCUT2D eigenvalue weighted by Crippen LogP contribution is 2.35. The molecule has 0 aromatic carbocycles. The van der Waals surface area contributed by atoms with Crippen molar-refractivity contribution in [2.75, 3.05) is 6.54 Å². The zero-order valence-corrected chi connectivity index (χ0v) is 10.6. The third-order valence-corrected chi connectivity index (χ3v) is 3.77. The number of aliphatic imine (C=N–C) groups is 1. The summed E-state index contributed by atoms with van der Waals surface area (Å²) in [6, 6.07) is 0.604. The molecular formula is C13H25N3. The van der Waals surface area contributed by atoms with Gasteiger partial charge in [-0.05, 0) is 43.4 Å². The van der Waals surface area contributed by atoms with Gasteiger partial charge >= 0.3 is 0 Å². The Hall–Kier alpha value is -0.730. The number of nitrogens with zero attached hydrogens (tertiary/aromatic N) is 1. The summed E-state index contributed by atoms with van der Waals surface area (Å²) in [5.41, 5.74) is 5.87. The monoisotopic (exact) mass is 223 g/mol. The van der Waals surface area contributed by atoms with E-state index in [0.29, 0.717) is 12.0 Å². The van der Waals surface area contributed by atoms with Crippen molar-refractivity contribution >= 4 is 5.96 Å². The first kappa shape index (κ1) is 11.7. The van der Waals surface area contributed by atoms with Crippen LogP contribution in [0.1, 0.15) is 46.0 Å². The lowest BCUT2D eigenvalue weighted by Gasteiger charge is -2.23. The predicted octanol–water partition coefficient (Wildman–Crippen LogP) is 2.13. The van der Waals surface area contributed by atoms with Crippen LogP contribution in [0.3, 0.4) is 0 Å². The molecule has 0 bridgehead atoms. The molecule has 92 valence electrons. The molecule has 0 unspecified atom stereocenters. The summed E-state index contributed by atoms with van der Waals surface area (Å²) < 4.78 is 0. The molecule has 0 amide bonds. The summed E-state index contributed by atoms with van der Waals surface area (Å²) in [5, 5.41) is 3.34. The van der Waals surface area contributed by atoms with Crippen LogP contribution in [-0.4, -0.2) is 18.5 Å². The second kappa shape index (κ2) is 5.07. The summed E-state index contributed by atoms with van der Waals surface area (Å²) in [7, 11) is 0. The molecule has 16 heavy (non-hydrogen) atoms. The van der Waals surface area contributed by atoms with Gasteiger partial charge in [0, 0.05) is 12.6 Å². The van der Waals surface area contributed by atoms with Crippen LogP contribution in [0.4, 0.5) is 0 Å². The minimum absolute atomic E-state index is 0.604. The third-order valence-electron chi connectivity index (χ3n) is 3.77. The normalized spacial score (nSPS) is 30.3. The van der Waals surface area contributed by atoms with Gasteiger partial charge in [0.05, 0.1) is 0 Å². The molecule has 3 heteroatoms. The Kier molecular flexibility index (Phi) is 3.72. The second-order valence-corrected chi connectivity index (χ2v) is 5.90. The predicted molar refractivity (Wildman–Crippen MR) is 68.3 cm³/mol. The van der Waals surface area contributed by atoms with Crippen molar-refractivity contribution in [2.24, 2.45) is 28.5 Å². The largest absolute Gasteiger partial charge is 0.370 e. The molecule has 0 saturated heterocycles. The van der Waals surface area contributed by atoms with Crippen molar-refractivity contribution in [3.05, 3.63) is 0 Å². The van der Waals surface area contributed by atoms with Crippen LogP contribution in [0.25, 0.3) is 0 Å². The SMILES string of the molecule is CC(C)C[C@@H]1C[C@H]1NC(N)=NCC1CCC1. The highest BCUT2D eigenvalue weighted by atomic mass is 15.1. The van der Waals surface area contributed by atoms with E-state index in [9.17, 15) is 0 Å². The maximum atomic E-state index is 5.87. The Morgan fingerprint density at radius 2 is 2.19 bits per heavy atom. The maximum absolute atomic E-state index is 5.87. The Morgan fingerprint density at radius 3 is 2.75 bits per heavy atom. The zero-order valence-electron chi connectivity index (χ0n) is 10.6. The molecule has 2 fully saturated rings. The first-order valence-electron chi connectivity index (χ1n) is 6.71. The number of nitrogens with two attached hydrogens (primary N) is 1. The van der Waals surface area contributed by atoms with Gasteiger partial charge in [-0.15, -0.1) is 0 Å². The maximum Gasteiger partial charge on any atom is 0.188 e. The lowest BCUT2D eigenvalue weighted by molar-refractivity contribution is 0.326. The van der Waals surface area contributed by atoms with Gasteiger partial charge in [0.2, 0.25) is 0 Å². The molecule has 2 rings (SSSR count). The van der Waals surface area contributed by atoms with E-state index in [-0.39, 0.29) is 0 Å². The van der Waals surface area contributed by atoms with E-state index >= 15 is 0 Å². The van der Waals surface area contributed by atoms with E-state index in [1.165, 1.54) is 32.1 Å². The molecule has 2 aliphatic carbocycles. The molecule has 3 N–H and O–H groups in total. The minimum Gasteiger partial charge on any atom is -0.370 e. The van der Waals surface area contributed by atoms with Crippen molar-refractivity contribution < 1.29 is 0 Å². The van der Waals surface area contributed by atoms with Gasteiger partial charge in [0.15, 0.2) is 5.96 Å². The average Bonchev–Trinajstić information content (AvgIpc) is 2.79.